The highest BCUT2D eigenvalue weighted by Crippen LogP contribution is 2.40. The average molecular weight is 209 g/mol. The quantitative estimate of drug-likeness (QED) is 0.450. The lowest BCUT2D eigenvalue weighted by Crippen LogP contribution is -2.08. The van der Waals surface area contributed by atoms with E-state index in [2.05, 4.69) is 19.9 Å². The molecule has 2 nitrogen and oxygen atoms in total. The van der Waals surface area contributed by atoms with E-state index < -0.39 is 0 Å². The fraction of sp³-hybridized carbons (Fsp3) is 0.923. The Kier molecular flexibility index (Phi) is 5.11. The zero-order chi connectivity index (χ0) is 11.1. The summed E-state index contributed by atoms with van der Waals surface area (Å²) in [6.07, 6.45) is 10.2. The van der Waals surface area contributed by atoms with E-state index in [0.29, 0.717) is 0 Å². The van der Waals surface area contributed by atoms with Crippen molar-refractivity contribution < 1.29 is 4.74 Å². The Morgan fingerprint density at radius 3 is 2.27 bits per heavy atom. The second kappa shape index (κ2) is 6.12. The van der Waals surface area contributed by atoms with Gasteiger partial charge in [0, 0.05) is 0 Å². The van der Waals surface area contributed by atoms with Crippen molar-refractivity contribution in [1.82, 2.24) is 0 Å². The SMILES string of the molecule is CCCCCCCCCC1(C)OC1C#N. The number of rotatable bonds is 8. The molecule has 0 aromatic carbocycles. The van der Waals surface area contributed by atoms with Crippen LogP contribution in [-0.4, -0.2) is 11.7 Å². The van der Waals surface area contributed by atoms with E-state index in [4.69, 9.17) is 10.00 Å². The molecule has 15 heavy (non-hydrogen) atoms. The zero-order valence-corrected chi connectivity index (χ0v) is 10.1. The first kappa shape index (κ1) is 12.5. The van der Waals surface area contributed by atoms with Crippen molar-refractivity contribution in [1.29, 1.82) is 5.26 Å². The maximum atomic E-state index is 8.67. The molecule has 0 radical (unpaired) electrons. The van der Waals surface area contributed by atoms with Gasteiger partial charge in [-0.15, -0.1) is 0 Å². The maximum Gasteiger partial charge on any atom is 0.173 e. The van der Waals surface area contributed by atoms with Crippen molar-refractivity contribution >= 4 is 0 Å². The molecule has 0 amide bonds. The molecule has 0 aromatic heterocycles. The van der Waals surface area contributed by atoms with Crippen molar-refractivity contribution in [3.8, 4) is 6.07 Å². The van der Waals surface area contributed by atoms with Crippen LogP contribution in [0.15, 0.2) is 0 Å². The van der Waals surface area contributed by atoms with Gasteiger partial charge in [-0.3, -0.25) is 0 Å². The van der Waals surface area contributed by atoms with Gasteiger partial charge in [0.2, 0.25) is 0 Å². The second-order valence-corrected chi connectivity index (χ2v) is 4.81. The molecule has 1 aliphatic heterocycles. The molecule has 1 saturated heterocycles. The molecule has 1 heterocycles. The highest BCUT2D eigenvalue weighted by atomic mass is 16.6. The van der Waals surface area contributed by atoms with Crippen molar-refractivity contribution in [2.24, 2.45) is 0 Å². The summed E-state index contributed by atoms with van der Waals surface area (Å²) in [7, 11) is 0. The van der Waals surface area contributed by atoms with Crippen molar-refractivity contribution in [2.75, 3.05) is 0 Å². The van der Waals surface area contributed by atoms with Gasteiger partial charge in [-0.25, -0.2) is 0 Å². The summed E-state index contributed by atoms with van der Waals surface area (Å²) in [6, 6.07) is 2.18. The van der Waals surface area contributed by atoms with Gasteiger partial charge < -0.3 is 4.74 Å². The van der Waals surface area contributed by atoms with Crippen LogP contribution in [0.4, 0.5) is 0 Å². The smallest absolute Gasteiger partial charge is 0.173 e. The third kappa shape index (κ3) is 4.22. The third-order valence-electron chi connectivity index (χ3n) is 3.28. The van der Waals surface area contributed by atoms with Crippen molar-refractivity contribution in [3.63, 3.8) is 0 Å². The fourth-order valence-corrected chi connectivity index (χ4v) is 2.02. The Morgan fingerprint density at radius 2 is 1.73 bits per heavy atom. The van der Waals surface area contributed by atoms with E-state index in [1.54, 1.807) is 0 Å². The van der Waals surface area contributed by atoms with Crippen LogP contribution in [0.5, 0.6) is 0 Å². The minimum atomic E-state index is -0.127. The van der Waals surface area contributed by atoms with Crippen LogP contribution in [0, 0.1) is 11.3 Å². The average Bonchev–Trinajstić information content (AvgIpc) is 2.89. The fourth-order valence-electron chi connectivity index (χ4n) is 2.02. The number of ether oxygens (including phenoxy) is 1. The molecule has 0 aromatic rings. The van der Waals surface area contributed by atoms with Gasteiger partial charge in [0.25, 0.3) is 0 Å². The van der Waals surface area contributed by atoms with Gasteiger partial charge in [-0.05, 0) is 13.3 Å². The van der Waals surface area contributed by atoms with E-state index in [1.807, 2.05) is 0 Å². The number of nitriles is 1. The minimum Gasteiger partial charge on any atom is -0.350 e. The molecule has 1 aliphatic rings. The van der Waals surface area contributed by atoms with Gasteiger partial charge in [0.15, 0.2) is 6.10 Å². The summed E-state index contributed by atoms with van der Waals surface area (Å²) in [5, 5.41) is 8.67. The molecule has 0 bridgehead atoms. The molecule has 2 atom stereocenters. The van der Waals surface area contributed by atoms with E-state index in [9.17, 15) is 0 Å². The highest BCUT2D eigenvalue weighted by Gasteiger charge is 2.51. The van der Waals surface area contributed by atoms with Crippen LogP contribution in [0.25, 0.3) is 0 Å². The molecule has 1 rings (SSSR count). The van der Waals surface area contributed by atoms with Crippen LogP contribution in [-0.2, 0) is 4.74 Å². The normalized spacial score (nSPS) is 28.7. The number of nitrogens with zero attached hydrogens (tertiary/aromatic N) is 1. The van der Waals surface area contributed by atoms with Crippen LogP contribution in [0.3, 0.4) is 0 Å². The molecule has 2 heteroatoms. The largest absolute Gasteiger partial charge is 0.350 e. The number of unbranched alkanes of at least 4 members (excludes halogenated alkanes) is 6. The van der Waals surface area contributed by atoms with Gasteiger partial charge in [0.05, 0.1) is 6.07 Å². The lowest BCUT2D eigenvalue weighted by molar-refractivity contribution is 0.296. The third-order valence-corrected chi connectivity index (χ3v) is 3.28. The molecule has 0 N–H and O–H groups in total. The van der Waals surface area contributed by atoms with E-state index in [1.165, 1.54) is 44.9 Å². The first-order valence-electron chi connectivity index (χ1n) is 6.30. The Labute approximate surface area is 93.6 Å². The van der Waals surface area contributed by atoms with E-state index in [-0.39, 0.29) is 11.7 Å². The number of hydrogen-bond donors (Lipinski definition) is 0. The Hall–Kier alpha value is -0.550. The molecular weight excluding hydrogens is 186 g/mol. The lowest BCUT2D eigenvalue weighted by Gasteiger charge is -2.04. The Balaban J connectivity index is 1.88. The predicted octanol–water partition coefficient (Wildman–Crippen LogP) is 3.81. The summed E-state index contributed by atoms with van der Waals surface area (Å²) in [5.74, 6) is 0. The standard InChI is InChI=1S/C13H23NO/c1-3-4-5-6-7-8-9-10-13(2)12(11-14)15-13/h12H,3-10H2,1-2H3. The van der Waals surface area contributed by atoms with Crippen molar-refractivity contribution in [2.45, 2.75) is 76.9 Å². The van der Waals surface area contributed by atoms with Crippen LogP contribution in [0.2, 0.25) is 0 Å². The lowest BCUT2D eigenvalue weighted by atomic mass is 9.99. The summed E-state index contributed by atoms with van der Waals surface area (Å²) in [6.45, 7) is 4.30. The molecule has 0 spiro atoms. The molecule has 1 fully saturated rings. The maximum absolute atomic E-state index is 8.67. The number of epoxide rings is 1. The minimum absolute atomic E-state index is 0.0990. The van der Waals surface area contributed by atoms with Crippen LogP contribution < -0.4 is 0 Å². The first-order chi connectivity index (χ1) is 7.23. The predicted molar refractivity (Wildman–Crippen MR) is 61.5 cm³/mol. The van der Waals surface area contributed by atoms with Gasteiger partial charge in [-0.2, -0.15) is 5.26 Å². The summed E-state index contributed by atoms with van der Waals surface area (Å²) < 4.78 is 5.34. The van der Waals surface area contributed by atoms with Gasteiger partial charge in [0.1, 0.15) is 5.60 Å². The van der Waals surface area contributed by atoms with Gasteiger partial charge in [-0.1, -0.05) is 51.9 Å². The monoisotopic (exact) mass is 209 g/mol. The van der Waals surface area contributed by atoms with E-state index >= 15 is 0 Å². The molecule has 0 saturated carbocycles. The summed E-state index contributed by atoms with van der Waals surface area (Å²) in [5.41, 5.74) is -0.0990. The Bertz CT molecular complexity index is 221. The van der Waals surface area contributed by atoms with Crippen LogP contribution >= 0.6 is 0 Å². The van der Waals surface area contributed by atoms with Crippen LogP contribution in [0.1, 0.15) is 65.2 Å². The number of hydrogen-bond acceptors (Lipinski definition) is 2. The molecular formula is C13H23NO. The second-order valence-electron chi connectivity index (χ2n) is 4.81. The van der Waals surface area contributed by atoms with E-state index in [0.717, 1.165) is 6.42 Å². The van der Waals surface area contributed by atoms with Gasteiger partial charge >= 0.3 is 0 Å². The zero-order valence-electron chi connectivity index (χ0n) is 10.1. The Morgan fingerprint density at radius 1 is 1.13 bits per heavy atom. The summed E-state index contributed by atoms with van der Waals surface area (Å²) >= 11 is 0. The van der Waals surface area contributed by atoms with Crippen molar-refractivity contribution in [3.05, 3.63) is 0 Å². The summed E-state index contributed by atoms with van der Waals surface area (Å²) in [4.78, 5) is 0. The first-order valence-corrected chi connectivity index (χ1v) is 6.30. The molecule has 0 aliphatic carbocycles. The highest BCUT2D eigenvalue weighted by molar-refractivity contribution is 5.11. The molecule has 2 unspecified atom stereocenters. The molecule has 86 valence electrons. The topological polar surface area (TPSA) is 36.3 Å².